The van der Waals surface area contributed by atoms with Gasteiger partial charge in [-0.3, -0.25) is 5.43 Å². The van der Waals surface area contributed by atoms with Crippen LogP contribution in [-0.4, -0.2) is 47.1 Å². The van der Waals surface area contributed by atoms with Crippen molar-refractivity contribution in [2.75, 3.05) is 37.3 Å². The fraction of sp³-hybridized carbons (Fsp3) is 0.214. The summed E-state index contributed by atoms with van der Waals surface area (Å²) < 4.78 is 0. The van der Waals surface area contributed by atoms with E-state index < -0.39 is 0 Å². The fourth-order valence-electron chi connectivity index (χ4n) is 2.92. The van der Waals surface area contributed by atoms with Crippen LogP contribution in [0.25, 0.3) is 0 Å². The van der Waals surface area contributed by atoms with Crippen molar-refractivity contribution in [2.24, 2.45) is 15.3 Å². The molecule has 0 saturated heterocycles. The molecule has 0 atom stereocenters. The number of hydrogen-bond donors (Lipinski definition) is 4. The summed E-state index contributed by atoms with van der Waals surface area (Å²) in [5.41, 5.74) is 4.63. The minimum Gasteiger partial charge on any atom is -0.506 e. The molecule has 0 spiro atoms. The first-order valence-electron chi connectivity index (χ1n) is 12.6. The van der Waals surface area contributed by atoms with Gasteiger partial charge >= 0.3 is 0 Å². The molecule has 4 N–H and O–H groups in total. The number of nitrogens with one attached hydrogen (secondary N) is 3. The molecule has 15 heteroatoms. The van der Waals surface area contributed by atoms with Crippen LogP contribution in [0.3, 0.4) is 0 Å². The molecule has 235 valence electrons. The molecule has 1 heterocycles. The number of phenols is 1. The summed E-state index contributed by atoms with van der Waals surface area (Å²) in [6.45, 7) is 5.82. The molecule has 0 aliphatic rings. The molecule has 0 unspecified atom stereocenters. The molecule has 0 aliphatic heterocycles. The SMILES string of the molecule is CC.CNc1nc(C)nc(NC)n1.COOc1ccccc1N/N=C(\N=Nc1ccccc1O)c1ccccc1.II.[Cu]. The van der Waals surface area contributed by atoms with Crippen molar-refractivity contribution in [1.29, 1.82) is 0 Å². The van der Waals surface area contributed by atoms with Gasteiger partial charge in [-0.1, -0.05) is 68.4 Å². The molecule has 0 aliphatic carbocycles. The van der Waals surface area contributed by atoms with Gasteiger partial charge in [0.1, 0.15) is 22.9 Å². The van der Waals surface area contributed by atoms with E-state index in [9.17, 15) is 5.11 Å². The number of hydrogen-bond acceptors (Lipinski definition) is 11. The predicted molar refractivity (Wildman–Crippen MR) is 186 cm³/mol. The summed E-state index contributed by atoms with van der Waals surface area (Å²) in [5.74, 6) is 2.73. The van der Waals surface area contributed by atoms with E-state index in [1.165, 1.54) is 7.11 Å². The smallest absolute Gasteiger partial charge is 0.227 e. The molecule has 0 bridgehead atoms. The van der Waals surface area contributed by atoms with Gasteiger partial charge < -0.3 is 20.6 Å². The largest absolute Gasteiger partial charge is 0.506 e. The number of halogens is 2. The zero-order chi connectivity index (χ0) is 31.2. The van der Waals surface area contributed by atoms with Crippen molar-refractivity contribution in [3.8, 4) is 11.5 Å². The van der Waals surface area contributed by atoms with Crippen molar-refractivity contribution in [1.82, 2.24) is 15.0 Å². The van der Waals surface area contributed by atoms with Crippen LogP contribution >= 0.6 is 37.2 Å². The number of rotatable bonds is 8. The molecular weight excluding hydrogens is 828 g/mol. The summed E-state index contributed by atoms with van der Waals surface area (Å²) >= 11 is 4.24. The molecule has 0 amide bonds. The number of aromatic hydroxyl groups is 1. The molecule has 4 rings (SSSR count). The molecule has 43 heavy (non-hydrogen) atoms. The van der Waals surface area contributed by atoms with Gasteiger partial charge in [-0.15, -0.1) is 10.2 Å². The number of para-hydroxylation sites is 3. The van der Waals surface area contributed by atoms with Crippen molar-refractivity contribution in [3.63, 3.8) is 0 Å². The number of anilines is 3. The van der Waals surface area contributed by atoms with E-state index >= 15 is 0 Å². The van der Waals surface area contributed by atoms with Crippen LogP contribution in [0.4, 0.5) is 23.3 Å². The molecule has 3 aromatic carbocycles. The second-order valence-electron chi connectivity index (χ2n) is 7.38. The third-order valence-electron chi connectivity index (χ3n) is 4.70. The molecule has 0 saturated carbocycles. The van der Waals surface area contributed by atoms with Crippen molar-refractivity contribution >= 4 is 66.3 Å². The Hall–Kier alpha value is -3.12. The Kier molecular flexibility index (Phi) is 22.6. The Morgan fingerprint density at radius 3 is 1.95 bits per heavy atom. The van der Waals surface area contributed by atoms with Crippen LogP contribution in [0.2, 0.25) is 0 Å². The topological polar surface area (TPSA) is 151 Å². The molecule has 0 fully saturated rings. The van der Waals surface area contributed by atoms with E-state index in [0.29, 0.717) is 40.7 Å². The van der Waals surface area contributed by atoms with E-state index in [1.807, 2.05) is 63.2 Å². The Bertz CT molecular complexity index is 1360. The molecule has 12 nitrogen and oxygen atoms in total. The van der Waals surface area contributed by atoms with Gasteiger partial charge in [-0.05, 0) is 31.2 Å². The molecular formula is C28H35CuI2N9O3. The van der Waals surface area contributed by atoms with Crippen LogP contribution < -0.4 is 20.9 Å². The first kappa shape index (κ1) is 39.9. The van der Waals surface area contributed by atoms with Gasteiger partial charge in [-0.25, -0.2) is 0 Å². The molecule has 4 aromatic rings. The Morgan fingerprint density at radius 2 is 1.37 bits per heavy atom. The van der Waals surface area contributed by atoms with Gasteiger partial charge in [0.25, 0.3) is 0 Å². The van der Waals surface area contributed by atoms with Crippen molar-refractivity contribution < 1.29 is 32.0 Å². The minimum atomic E-state index is 0. The van der Waals surface area contributed by atoms with E-state index in [2.05, 4.69) is 83.6 Å². The number of phenolic OH excluding ortho intramolecular Hbond substituents is 1. The van der Waals surface area contributed by atoms with E-state index in [4.69, 9.17) is 9.78 Å². The molecule has 1 radical (unpaired) electrons. The normalized spacial score (nSPS) is 9.91. The van der Waals surface area contributed by atoms with E-state index in [0.717, 1.165) is 5.56 Å². The number of benzene rings is 3. The third kappa shape index (κ3) is 14.7. The summed E-state index contributed by atoms with van der Waals surface area (Å²) in [7, 11) is 4.97. The summed E-state index contributed by atoms with van der Waals surface area (Å²) in [5, 5.41) is 28.2. The second kappa shape index (κ2) is 24.3. The first-order chi connectivity index (χ1) is 20.5. The summed E-state index contributed by atoms with van der Waals surface area (Å²) in [6.07, 6.45) is 0. The van der Waals surface area contributed by atoms with Gasteiger partial charge in [0, 0.05) is 74.0 Å². The standard InChI is InChI=1S/C20H18N4O3.C6H11N5.C2H6.Cu.I2/c1-26-27-19-14-8-6-12-17(19)22-24-20(15-9-3-2-4-10-15)23-21-16-11-5-7-13-18(16)25;1-4-9-5(7-2)11-6(8-3)10-4;1-2;;1-2/h2-14,22,25H,1H3;1-3H3,(H2,7,8,9,10,11);1-2H3;;/b23-21?,24-20-;;;;. The summed E-state index contributed by atoms with van der Waals surface area (Å²) in [4.78, 5) is 21.9. The fourth-order valence-corrected chi connectivity index (χ4v) is 2.92. The Labute approximate surface area is 286 Å². The van der Waals surface area contributed by atoms with Gasteiger partial charge in [0.2, 0.25) is 17.7 Å². The average Bonchev–Trinajstić information content (AvgIpc) is 3.05. The number of aryl methyl sites for hydroxylation is 1. The minimum absolute atomic E-state index is 0. The first-order valence-corrected chi connectivity index (χ1v) is 18.9. The Morgan fingerprint density at radius 1 is 0.814 bits per heavy atom. The maximum absolute atomic E-state index is 9.86. The number of nitrogens with zero attached hydrogens (tertiary/aromatic N) is 6. The predicted octanol–water partition coefficient (Wildman–Crippen LogP) is 7.95. The quantitative estimate of drug-likeness (QED) is 0.0263. The van der Waals surface area contributed by atoms with Gasteiger partial charge in [0.05, 0.1) is 7.11 Å². The number of hydrazone groups is 1. The monoisotopic (exact) mass is 862 g/mol. The van der Waals surface area contributed by atoms with Crippen molar-refractivity contribution in [2.45, 2.75) is 20.8 Å². The van der Waals surface area contributed by atoms with E-state index in [-0.39, 0.29) is 22.8 Å². The number of azo groups is 1. The maximum atomic E-state index is 9.86. The zero-order valence-electron chi connectivity index (χ0n) is 24.5. The van der Waals surface area contributed by atoms with Crippen LogP contribution in [0.15, 0.2) is 94.2 Å². The third-order valence-corrected chi connectivity index (χ3v) is 4.70. The number of aromatic nitrogens is 3. The zero-order valence-corrected chi connectivity index (χ0v) is 29.8. The van der Waals surface area contributed by atoms with Crippen LogP contribution in [0.1, 0.15) is 25.2 Å². The van der Waals surface area contributed by atoms with Crippen LogP contribution in [0.5, 0.6) is 11.5 Å². The van der Waals surface area contributed by atoms with Crippen LogP contribution in [0, 0.1) is 6.92 Å². The van der Waals surface area contributed by atoms with Gasteiger partial charge in [-0.2, -0.15) is 24.9 Å². The van der Waals surface area contributed by atoms with Crippen LogP contribution in [-0.2, 0) is 22.0 Å². The summed E-state index contributed by atoms with van der Waals surface area (Å²) in [6, 6.07) is 23.3. The molecule has 1 aromatic heterocycles. The average molecular weight is 863 g/mol. The second-order valence-corrected chi connectivity index (χ2v) is 7.38. The van der Waals surface area contributed by atoms with E-state index in [1.54, 1.807) is 50.5 Å². The maximum Gasteiger partial charge on any atom is 0.227 e. The Balaban J connectivity index is 0.000000926. The van der Waals surface area contributed by atoms with Gasteiger partial charge in [0.15, 0.2) is 5.75 Å². The van der Waals surface area contributed by atoms with Crippen molar-refractivity contribution in [3.05, 3.63) is 90.3 Å². The number of amidine groups is 1.